The predicted octanol–water partition coefficient (Wildman–Crippen LogP) is 4.89. The minimum absolute atomic E-state index is 0.538. The first-order valence-electron chi connectivity index (χ1n) is 8.38. The summed E-state index contributed by atoms with van der Waals surface area (Å²) < 4.78 is 0. The molecule has 0 radical (unpaired) electrons. The molecule has 0 aliphatic carbocycles. The Hall–Kier alpha value is -3.58. The smallest absolute Gasteiger partial charge is 0.227 e. The summed E-state index contributed by atoms with van der Waals surface area (Å²) in [4.78, 5) is 21.0. The van der Waals surface area contributed by atoms with Gasteiger partial charge in [0.05, 0.1) is 22.2 Å². The van der Waals surface area contributed by atoms with Gasteiger partial charge < -0.3 is 10.3 Å². The second-order valence-corrected chi connectivity index (χ2v) is 6.70. The van der Waals surface area contributed by atoms with Gasteiger partial charge in [0.15, 0.2) is 0 Å². The number of benzene rings is 2. The third-order valence-corrected chi connectivity index (χ3v) is 4.75. The van der Waals surface area contributed by atoms with Crippen molar-refractivity contribution < 1.29 is 0 Å². The van der Waals surface area contributed by atoms with Crippen molar-refractivity contribution in [3.63, 3.8) is 0 Å². The molecule has 3 heterocycles. The molecule has 130 valence electrons. The molecule has 5 rings (SSSR count). The zero-order valence-corrected chi connectivity index (χ0v) is 14.9. The van der Waals surface area contributed by atoms with E-state index in [1.54, 1.807) is 29.2 Å². The van der Waals surface area contributed by atoms with Crippen LogP contribution in [0.2, 0.25) is 0 Å². The maximum Gasteiger partial charge on any atom is 0.227 e. The van der Waals surface area contributed by atoms with E-state index in [9.17, 15) is 0 Å². The van der Waals surface area contributed by atoms with Crippen molar-refractivity contribution in [2.45, 2.75) is 0 Å². The number of fused-ring (bicyclic) bond motifs is 1. The van der Waals surface area contributed by atoms with Crippen molar-refractivity contribution in [3.8, 4) is 22.6 Å². The first kappa shape index (κ1) is 15.7. The highest BCUT2D eigenvalue weighted by molar-refractivity contribution is 7.07. The Morgan fingerprint density at radius 1 is 0.889 bits per heavy atom. The molecule has 0 aliphatic heterocycles. The van der Waals surface area contributed by atoms with Gasteiger partial charge in [0, 0.05) is 34.6 Å². The number of para-hydroxylation sites is 2. The number of imidazole rings is 1. The lowest BCUT2D eigenvalue weighted by molar-refractivity contribution is 1.16. The molecular formula is C20H14N6S. The van der Waals surface area contributed by atoms with E-state index in [0.717, 1.165) is 39.4 Å². The van der Waals surface area contributed by atoms with Crippen molar-refractivity contribution in [2.75, 3.05) is 5.32 Å². The summed E-state index contributed by atoms with van der Waals surface area (Å²) in [7, 11) is 0. The molecule has 2 aromatic carbocycles. The highest BCUT2D eigenvalue weighted by Crippen LogP contribution is 2.24. The number of hydrogen-bond donors (Lipinski definition) is 2. The SMILES string of the molecule is c1cc(Nc2ncc(-c3cscn3)cn2)cc(-c2nc3ccccc3[nH]2)c1. The van der Waals surface area contributed by atoms with Gasteiger partial charge in [-0.05, 0) is 24.3 Å². The van der Waals surface area contributed by atoms with E-state index in [-0.39, 0.29) is 0 Å². The predicted molar refractivity (Wildman–Crippen MR) is 108 cm³/mol. The molecule has 0 unspecified atom stereocenters. The maximum atomic E-state index is 4.65. The minimum atomic E-state index is 0.538. The van der Waals surface area contributed by atoms with Crippen LogP contribution in [0.5, 0.6) is 0 Å². The van der Waals surface area contributed by atoms with E-state index >= 15 is 0 Å². The number of anilines is 2. The summed E-state index contributed by atoms with van der Waals surface area (Å²) >= 11 is 1.55. The van der Waals surface area contributed by atoms with Crippen LogP contribution in [0, 0.1) is 0 Å². The van der Waals surface area contributed by atoms with Gasteiger partial charge in [0.2, 0.25) is 5.95 Å². The summed E-state index contributed by atoms with van der Waals surface area (Å²) in [6, 6.07) is 16.0. The molecule has 0 bridgehead atoms. The summed E-state index contributed by atoms with van der Waals surface area (Å²) in [5, 5.41) is 5.21. The lowest BCUT2D eigenvalue weighted by Gasteiger charge is -2.06. The molecule has 0 aliphatic rings. The number of aromatic amines is 1. The van der Waals surface area contributed by atoms with Crippen molar-refractivity contribution in [2.24, 2.45) is 0 Å². The number of rotatable bonds is 4. The van der Waals surface area contributed by atoms with Crippen molar-refractivity contribution in [1.29, 1.82) is 0 Å². The molecule has 0 saturated heterocycles. The van der Waals surface area contributed by atoms with E-state index in [2.05, 4.69) is 30.2 Å². The van der Waals surface area contributed by atoms with Crippen LogP contribution in [0.4, 0.5) is 11.6 Å². The van der Waals surface area contributed by atoms with E-state index < -0.39 is 0 Å². The van der Waals surface area contributed by atoms with Gasteiger partial charge in [0.25, 0.3) is 0 Å². The van der Waals surface area contributed by atoms with E-state index in [4.69, 9.17) is 0 Å². The van der Waals surface area contributed by atoms with Gasteiger partial charge in [-0.15, -0.1) is 11.3 Å². The van der Waals surface area contributed by atoms with Crippen molar-refractivity contribution in [3.05, 3.63) is 71.8 Å². The molecule has 0 saturated carbocycles. The summed E-state index contributed by atoms with van der Waals surface area (Å²) in [6.07, 6.45) is 3.54. The van der Waals surface area contributed by atoms with Crippen LogP contribution < -0.4 is 5.32 Å². The Bertz CT molecular complexity index is 1160. The van der Waals surface area contributed by atoms with Crippen LogP contribution in [0.3, 0.4) is 0 Å². The number of H-pyrrole nitrogens is 1. The maximum absolute atomic E-state index is 4.65. The Morgan fingerprint density at radius 3 is 2.59 bits per heavy atom. The highest BCUT2D eigenvalue weighted by Gasteiger charge is 2.07. The molecule has 0 amide bonds. The average molecular weight is 370 g/mol. The molecule has 2 N–H and O–H groups in total. The normalized spacial score (nSPS) is 11.0. The van der Waals surface area contributed by atoms with Crippen molar-refractivity contribution in [1.82, 2.24) is 24.9 Å². The molecular weight excluding hydrogens is 356 g/mol. The second kappa shape index (κ2) is 6.62. The molecule has 6 nitrogen and oxygen atoms in total. The summed E-state index contributed by atoms with van der Waals surface area (Å²) in [6.45, 7) is 0. The van der Waals surface area contributed by atoms with E-state index in [0.29, 0.717) is 5.95 Å². The Labute approximate surface area is 159 Å². The average Bonchev–Trinajstić information content (AvgIpc) is 3.39. The lowest BCUT2D eigenvalue weighted by Crippen LogP contribution is -1.97. The monoisotopic (exact) mass is 370 g/mol. The van der Waals surface area contributed by atoms with Crippen LogP contribution in [-0.2, 0) is 0 Å². The largest absolute Gasteiger partial charge is 0.338 e. The first-order chi connectivity index (χ1) is 13.3. The van der Waals surface area contributed by atoms with Crippen LogP contribution >= 0.6 is 11.3 Å². The Kier molecular flexibility index (Phi) is 3.84. The number of nitrogens with zero attached hydrogens (tertiary/aromatic N) is 4. The number of nitrogens with one attached hydrogen (secondary N) is 2. The zero-order valence-electron chi connectivity index (χ0n) is 14.1. The van der Waals surface area contributed by atoms with Gasteiger partial charge in [-0.1, -0.05) is 24.3 Å². The quantitative estimate of drug-likeness (QED) is 0.471. The third-order valence-electron chi connectivity index (χ3n) is 4.16. The van der Waals surface area contributed by atoms with Crippen molar-refractivity contribution >= 4 is 34.0 Å². The molecule has 27 heavy (non-hydrogen) atoms. The molecule has 0 atom stereocenters. The third kappa shape index (κ3) is 3.16. The number of hydrogen-bond acceptors (Lipinski definition) is 6. The fourth-order valence-electron chi connectivity index (χ4n) is 2.84. The minimum Gasteiger partial charge on any atom is -0.338 e. The number of thiazole rings is 1. The van der Waals surface area contributed by atoms with Crippen LogP contribution in [0.15, 0.2) is 71.8 Å². The molecule has 3 aromatic heterocycles. The lowest BCUT2D eigenvalue weighted by atomic mass is 10.2. The first-order valence-corrected chi connectivity index (χ1v) is 9.32. The topological polar surface area (TPSA) is 79.4 Å². The fraction of sp³-hybridized carbons (Fsp3) is 0. The summed E-state index contributed by atoms with van der Waals surface area (Å²) in [5.74, 6) is 1.37. The van der Waals surface area contributed by atoms with Gasteiger partial charge in [0.1, 0.15) is 5.82 Å². The fourth-order valence-corrected chi connectivity index (χ4v) is 3.40. The van der Waals surface area contributed by atoms with E-state index in [1.807, 2.05) is 53.9 Å². The molecule has 5 aromatic rings. The Morgan fingerprint density at radius 2 is 1.78 bits per heavy atom. The summed E-state index contributed by atoms with van der Waals surface area (Å²) in [5.41, 5.74) is 7.45. The number of aromatic nitrogens is 5. The zero-order chi connectivity index (χ0) is 18.1. The van der Waals surface area contributed by atoms with Gasteiger partial charge >= 0.3 is 0 Å². The van der Waals surface area contributed by atoms with E-state index in [1.165, 1.54) is 0 Å². The standard InChI is InChI=1S/C20H14N6S/c1-2-7-17-16(6-1)25-19(26-17)13-4-3-5-15(8-13)24-20-21-9-14(10-22-20)18-11-27-12-23-18/h1-12H,(H,25,26)(H,21,22,24). The van der Waals surface area contributed by atoms with Gasteiger partial charge in [-0.2, -0.15) is 0 Å². The van der Waals surface area contributed by atoms with Gasteiger partial charge in [-0.3, -0.25) is 0 Å². The van der Waals surface area contributed by atoms with Crippen LogP contribution in [0.1, 0.15) is 0 Å². The van der Waals surface area contributed by atoms with Gasteiger partial charge in [-0.25, -0.2) is 19.9 Å². The molecule has 0 spiro atoms. The molecule has 0 fully saturated rings. The highest BCUT2D eigenvalue weighted by atomic mass is 32.1. The second-order valence-electron chi connectivity index (χ2n) is 5.98. The van der Waals surface area contributed by atoms with Crippen LogP contribution in [-0.4, -0.2) is 24.9 Å². The van der Waals surface area contributed by atoms with Crippen LogP contribution in [0.25, 0.3) is 33.7 Å². The molecule has 7 heteroatoms. The Balaban J connectivity index is 1.40.